The third-order valence-electron chi connectivity index (χ3n) is 2.94. The van der Waals surface area contributed by atoms with Gasteiger partial charge in [0, 0.05) is 13.0 Å². The van der Waals surface area contributed by atoms with E-state index < -0.39 is 0 Å². The van der Waals surface area contributed by atoms with E-state index in [1.165, 1.54) is 5.56 Å². The van der Waals surface area contributed by atoms with Crippen LogP contribution >= 0.6 is 0 Å². The molecule has 2 N–H and O–H groups in total. The fraction of sp³-hybridized carbons (Fsp3) is 0.250. The molecular weight excluding hydrogens is 250 g/mol. The fourth-order valence-corrected chi connectivity index (χ4v) is 1.80. The van der Waals surface area contributed by atoms with Gasteiger partial charge in [-0.15, -0.1) is 0 Å². The van der Waals surface area contributed by atoms with E-state index in [9.17, 15) is 4.79 Å². The standard InChI is InChI=1S/C16H19N3O/c1-2-16(20)19-15-9-8-14(12-18-15)17-11-10-13-6-4-3-5-7-13/h3-9,12,17H,2,10-11H2,1H3,(H,18,19,20). The number of hydrogen-bond donors (Lipinski definition) is 2. The fourth-order valence-electron chi connectivity index (χ4n) is 1.80. The third-order valence-corrected chi connectivity index (χ3v) is 2.94. The van der Waals surface area contributed by atoms with Crippen molar-refractivity contribution in [3.63, 3.8) is 0 Å². The zero-order valence-electron chi connectivity index (χ0n) is 11.6. The van der Waals surface area contributed by atoms with Crippen molar-refractivity contribution in [2.75, 3.05) is 17.2 Å². The van der Waals surface area contributed by atoms with E-state index in [0.717, 1.165) is 18.7 Å². The van der Waals surface area contributed by atoms with Gasteiger partial charge in [-0.2, -0.15) is 0 Å². The second-order valence-corrected chi connectivity index (χ2v) is 4.50. The summed E-state index contributed by atoms with van der Waals surface area (Å²) in [5, 5.41) is 6.04. The van der Waals surface area contributed by atoms with Crippen molar-refractivity contribution in [2.24, 2.45) is 0 Å². The van der Waals surface area contributed by atoms with Crippen LogP contribution in [-0.4, -0.2) is 17.4 Å². The molecule has 0 saturated heterocycles. The van der Waals surface area contributed by atoms with Crippen molar-refractivity contribution in [2.45, 2.75) is 19.8 Å². The normalized spacial score (nSPS) is 10.1. The Morgan fingerprint density at radius 3 is 2.60 bits per heavy atom. The Hall–Kier alpha value is -2.36. The molecule has 0 aliphatic heterocycles. The summed E-state index contributed by atoms with van der Waals surface area (Å²) >= 11 is 0. The number of nitrogens with one attached hydrogen (secondary N) is 2. The van der Waals surface area contributed by atoms with Crippen molar-refractivity contribution in [1.29, 1.82) is 0 Å². The van der Waals surface area contributed by atoms with Crippen molar-refractivity contribution in [3.8, 4) is 0 Å². The lowest BCUT2D eigenvalue weighted by atomic mass is 10.1. The van der Waals surface area contributed by atoms with Crippen LogP contribution in [0.2, 0.25) is 0 Å². The lowest BCUT2D eigenvalue weighted by Gasteiger charge is -2.07. The summed E-state index contributed by atoms with van der Waals surface area (Å²) in [6.45, 7) is 2.67. The molecule has 0 bridgehead atoms. The summed E-state index contributed by atoms with van der Waals surface area (Å²) in [4.78, 5) is 15.4. The zero-order valence-corrected chi connectivity index (χ0v) is 11.6. The van der Waals surface area contributed by atoms with Gasteiger partial charge in [0.05, 0.1) is 11.9 Å². The van der Waals surface area contributed by atoms with Gasteiger partial charge >= 0.3 is 0 Å². The van der Waals surface area contributed by atoms with E-state index in [0.29, 0.717) is 12.2 Å². The van der Waals surface area contributed by atoms with E-state index in [4.69, 9.17) is 0 Å². The van der Waals surface area contributed by atoms with Crippen LogP contribution in [0.3, 0.4) is 0 Å². The maximum atomic E-state index is 11.2. The van der Waals surface area contributed by atoms with E-state index in [1.807, 2.05) is 31.2 Å². The first-order chi connectivity index (χ1) is 9.78. The van der Waals surface area contributed by atoms with Crippen molar-refractivity contribution in [3.05, 3.63) is 54.2 Å². The molecule has 2 aromatic rings. The average molecular weight is 269 g/mol. The average Bonchev–Trinajstić information content (AvgIpc) is 2.50. The Morgan fingerprint density at radius 1 is 1.15 bits per heavy atom. The minimum Gasteiger partial charge on any atom is -0.383 e. The number of hydrogen-bond acceptors (Lipinski definition) is 3. The minimum atomic E-state index is -0.0257. The van der Waals surface area contributed by atoms with E-state index in [-0.39, 0.29) is 5.91 Å². The predicted molar refractivity (Wildman–Crippen MR) is 81.8 cm³/mol. The summed E-state index contributed by atoms with van der Waals surface area (Å²) in [5.41, 5.74) is 2.26. The van der Waals surface area contributed by atoms with Crippen LogP contribution in [0.5, 0.6) is 0 Å². The summed E-state index contributed by atoms with van der Waals surface area (Å²) in [6, 6.07) is 14.1. The number of nitrogens with zero attached hydrogens (tertiary/aromatic N) is 1. The van der Waals surface area contributed by atoms with Crippen molar-refractivity contribution >= 4 is 17.4 Å². The number of carbonyl (C=O) groups is 1. The van der Waals surface area contributed by atoms with Crippen LogP contribution in [0, 0.1) is 0 Å². The second-order valence-electron chi connectivity index (χ2n) is 4.50. The molecule has 0 saturated carbocycles. The highest BCUT2D eigenvalue weighted by Gasteiger charge is 2.00. The first-order valence-corrected chi connectivity index (χ1v) is 6.81. The largest absolute Gasteiger partial charge is 0.383 e. The van der Waals surface area contributed by atoms with Crippen molar-refractivity contribution < 1.29 is 4.79 Å². The Balaban J connectivity index is 1.80. The highest BCUT2D eigenvalue weighted by molar-refractivity contribution is 5.89. The first kappa shape index (κ1) is 14.1. The summed E-state index contributed by atoms with van der Waals surface area (Å²) in [7, 11) is 0. The molecule has 1 aromatic heterocycles. The lowest BCUT2D eigenvalue weighted by Crippen LogP contribution is -2.11. The number of carbonyl (C=O) groups excluding carboxylic acids is 1. The van der Waals surface area contributed by atoms with Crippen molar-refractivity contribution in [1.82, 2.24) is 4.98 Å². The zero-order chi connectivity index (χ0) is 14.2. The van der Waals surface area contributed by atoms with Crippen LogP contribution in [0.1, 0.15) is 18.9 Å². The van der Waals surface area contributed by atoms with Gasteiger partial charge in [0.15, 0.2) is 0 Å². The lowest BCUT2D eigenvalue weighted by molar-refractivity contribution is -0.115. The molecule has 0 unspecified atom stereocenters. The monoisotopic (exact) mass is 269 g/mol. The minimum absolute atomic E-state index is 0.0257. The van der Waals surface area contributed by atoms with Crippen LogP contribution in [0.4, 0.5) is 11.5 Å². The van der Waals surface area contributed by atoms with E-state index in [2.05, 4.69) is 27.8 Å². The SMILES string of the molecule is CCC(=O)Nc1ccc(NCCc2ccccc2)cn1. The van der Waals surface area contributed by atoms with Crippen LogP contribution < -0.4 is 10.6 Å². The number of anilines is 2. The first-order valence-electron chi connectivity index (χ1n) is 6.81. The molecule has 4 heteroatoms. The smallest absolute Gasteiger partial charge is 0.225 e. The number of amides is 1. The number of aromatic nitrogens is 1. The summed E-state index contributed by atoms with van der Waals surface area (Å²) in [6.07, 6.45) is 3.16. The maximum Gasteiger partial charge on any atom is 0.225 e. The van der Waals surface area contributed by atoms with Crippen LogP contribution in [0.15, 0.2) is 48.7 Å². The van der Waals surface area contributed by atoms with Gasteiger partial charge in [-0.05, 0) is 24.1 Å². The Bertz CT molecular complexity index is 537. The molecule has 0 aliphatic carbocycles. The topological polar surface area (TPSA) is 54.0 Å². The number of benzene rings is 1. The molecule has 2 rings (SSSR count). The van der Waals surface area contributed by atoms with Gasteiger partial charge < -0.3 is 10.6 Å². The number of pyridine rings is 1. The van der Waals surface area contributed by atoms with Crippen LogP contribution in [-0.2, 0) is 11.2 Å². The molecule has 1 heterocycles. The van der Waals surface area contributed by atoms with Crippen LogP contribution in [0.25, 0.3) is 0 Å². The Morgan fingerprint density at radius 2 is 1.95 bits per heavy atom. The van der Waals surface area contributed by atoms with Gasteiger partial charge in [-0.1, -0.05) is 37.3 Å². The number of rotatable bonds is 6. The second kappa shape index (κ2) is 7.28. The molecule has 0 spiro atoms. The summed E-state index contributed by atoms with van der Waals surface area (Å²) < 4.78 is 0. The van der Waals surface area contributed by atoms with Gasteiger partial charge in [0.25, 0.3) is 0 Å². The molecule has 20 heavy (non-hydrogen) atoms. The van der Waals surface area contributed by atoms with Gasteiger partial charge in [-0.25, -0.2) is 4.98 Å². The molecular formula is C16H19N3O. The van der Waals surface area contributed by atoms with Gasteiger partial charge in [0.1, 0.15) is 5.82 Å². The molecule has 0 radical (unpaired) electrons. The highest BCUT2D eigenvalue weighted by atomic mass is 16.1. The Kier molecular flexibility index (Phi) is 5.12. The molecule has 4 nitrogen and oxygen atoms in total. The molecule has 104 valence electrons. The summed E-state index contributed by atoms with van der Waals surface area (Å²) in [5.74, 6) is 0.563. The quantitative estimate of drug-likeness (QED) is 0.847. The van der Waals surface area contributed by atoms with Gasteiger partial charge in [-0.3, -0.25) is 4.79 Å². The highest BCUT2D eigenvalue weighted by Crippen LogP contribution is 2.10. The van der Waals surface area contributed by atoms with E-state index in [1.54, 1.807) is 12.3 Å². The van der Waals surface area contributed by atoms with E-state index >= 15 is 0 Å². The molecule has 1 aromatic carbocycles. The Labute approximate surface area is 119 Å². The molecule has 0 aliphatic rings. The third kappa shape index (κ3) is 4.39. The molecule has 0 atom stereocenters. The maximum absolute atomic E-state index is 11.2. The molecule has 1 amide bonds. The molecule has 0 fully saturated rings. The van der Waals surface area contributed by atoms with Gasteiger partial charge in [0.2, 0.25) is 5.91 Å². The predicted octanol–water partition coefficient (Wildman–Crippen LogP) is 3.08.